The van der Waals surface area contributed by atoms with Crippen LogP contribution < -0.4 is 10.9 Å². The summed E-state index contributed by atoms with van der Waals surface area (Å²) in [6.45, 7) is 0.434. The molecule has 1 heterocycles. The number of nitrogens with zero attached hydrogens (tertiary/aromatic N) is 2. The van der Waals surface area contributed by atoms with E-state index in [2.05, 4.69) is 15.5 Å². The molecule has 0 saturated heterocycles. The van der Waals surface area contributed by atoms with Crippen molar-refractivity contribution >= 4 is 22.6 Å². The monoisotopic (exact) mass is 402 g/mol. The number of carbonyl (C=O) groups is 2. The minimum absolute atomic E-state index is 0.0527. The van der Waals surface area contributed by atoms with E-state index in [1.807, 2.05) is 17.0 Å². The number of benzene rings is 2. The molecule has 2 N–H and O–H groups in total. The zero-order chi connectivity index (χ0) is 20.7. The molecule has 5 rings (SSSR count). The van der Waals surface area contributed by atoms with Gasteiger partial charge in [0, 0.05) is 29.6 Å². The van der Waals surface area contributed by atoms with E-state index < -0.39 is 0 Å². The Morgan fingerprint density at radius 3 is 2.37 bits per heavy atom. The first kappa shape index (κ1) is 18.5. The molecule has 152 valence electrons. The Balaban J connectivity index is 1.39. The van der Waals surface area contributed by atoms with E-state index in [-0.39, 0.29) is 29.1 Å². The van der Waals surface area contributed by atoms with Crippen molar-refractivity contribution in [3.8, 4) is 0 Å². The van der Waals surface area contributed by atoms with Gasteiger partial charge >= 0.3 is 0 Å². The first-order chi connectivity index (χ1) is 14.6. The van der Waals surface area contributed by atoms with Crippen LogP contribution in [-0.2, 0) is 6.54 Å². The summed E-state index contributed by atoms with van der Waals surface area (Å²) < 4.78 is 0. The zero-order valence-electron chi connectivity index (χ0n) is 16.4. The van der Waals surface area contributed by atoms with Crippen LogP contribution in [0.2, 0.25) is 0 Å². The van der Waals surface area contributed by atoms with Crippen LogP contribution in [0.15, 0.2) is 53.3 Å². The van der Waals surface area contributed by atoms with Gasteiger partial charge < -0.3 is 10.2 Å². The minimum Gasteiger partial charge on any atom is -0.349 e. The number of aromatic nitrogens is 2. The van der Waals surface area contributed by atoms with Gasteiger partial charge in [0.25, 0.3) is 17.4 Å². The number of hydrogen-bond acceptors (Lipinski definition) is 4. The summed E-state index contributed by atoms with van der Waals surface area (Å²) in [6, 6.07) is 14.9. The molecule has 2 aliphatic carbocycles. The smallest absolute Gasteiger partial charge is 0.275 e. The first-order valence-corrected chi connectivity index (χ1v) is 10.3. The van der Waals surface area contributed by atoms with Gasteiger partial charge in [-0.05, 0) is 49.4 Å². The number of rotatable bonds is 6. The van der Waals surface area contributed by atoms with Crippen molar-refractivity contribution in [2.24, 2.45) is 0 Å². The molecular formula is C23H22N4O3. The fourth-order valence-corrected chi connectivity index (χ4v) is 3.62. The van der Waals surface area contributed by atoms with E-state index in [4.69, 9.17) is 0 Å². The lowest BCUT2D eigenvalue weighted by Gasteiger charge is -2.22. The van der Waals surface area contributed by atoms with Gasteiger partial charge in [0.05, 0.1) is 5.39 Å². The first-order valence-electron chi connectivity index (χ1n) is 10.3. The van der Waals surface area contributed by atoms with Gasteiger partial charge in [-0.3, -0.25) is 14.4 Å². The predicted octanol–water partition coefficient (Wildman–Crippen LogP) is 2.62. The lowest BCUT2D eigenvalue weighted by atomic mass is 10.1. The van der Waals surface area contributed by atoms with Crippen molar-refractivity contribution in [3.63, 3.8) is 0 Å². The van der Waals surface area contributed by atoms with Gasteiger partial charge in [-0.25, -0.2) is 5.10 Å². The van der Waals surface area contributed by atoms with Gasteiger partial charge in [0.2, 0.25) is 0 Å². The van der Waals surface area contributed by atoms with Crippen molar-refractivity contribution in [3.05, 3.63) is 75.7 Å². The second-order valence-electron chi connectivity index (χ2n) is 8.06. The van der Waals surface area contributed by atoms with E-state index in [1.54, 1.807) is 36.4 Å². The second-order valence-corrected chi connectivity index (χ2v) is 8.06. The lowest BCUT2D eigenvalue weighted by Crippen LogP contribution is -2.34. The maximum atomic E-state index is 13.3. The molecule has 0 atom stereocenters. The summed E-state index contributed by atoms with van der Waals surface area (Å²) in [5.41, 5.74) is 1.54. The standard InChI is InChI=1S/C23H22N4O3/c28-21(24-16-9-10-16)15-7-5-14(6-8-15)13-27(17-11-12-17)23(30)20-18-3-1-2-4-19(18)22(29)26-25-20/h1-8,16-17H,9-13H2,(H,24,28)(H,26,29). The average Bonchev–Trinajstić information content (AvgIpc) is 3.68. The molecule has 0 radical (unpaired) electrons. The number of carbonyl (C=O) groups excluding carboxylic acids is 2. The summed E-state index contributed by atoms with van der Waals surface area (Å²) in [4.78, 5) is 39.4. The van der Waals surface area contributed by atoms with E-state index >= 15 is 0 Å². The molecule has 2 aromatic carbocycles. The van der Waals surface area contributed by atoms with Crippen LogP contribution in [0.4, 0.5) is 0 Å². The summed E-state index contributed by atoms with van der Waals surface area (Å²) in [5, 5.41) is 10.5. The fraction of sp³-hybridized carbons (Fsp3) is 0.304. The number of amides is 2. The van der Waals surface area contributed by atoms with Crippen molar-refractivity contribution in [2.75, 3.05) is 0 Å². The summed E-state index contributed by atoms with van der Waals surface area (Å²) in [6.07, 6.45) is 4.01. The Kier molecular flexibility index (Phi) is 4.58. The average molecular weight is 402 g/mol. The van der Waals surface area contributed by atoms with Crippen LogP contribution in [0.3, 0.4) is 0 Å². The van der Waals surface area contributed by atoms with E-state index in [0.29, 0.717) is 28.9 Å². The molecule has 7 nitrogen and oxygen atoms in total. The van der Waals surface area contributed by atoms with Crippen LogP contribution >= 0.6 is 0 Å². The van der Waals surface area contributed by atoms with Crippen molar-refractivity contribution in [2.45, 2.75) is 44.3 Å². The summed E-state index contributed by atoms with van der Waals surface area (Å²) in [7, 11) is 0. The lowest BCUT2D eigenvalue weighted by molar-refractivity contribution is 0.0724. The zero-order valence-corrected chi connectivity index (χ0v) is 16.4. The third kappa shape index (κ3) is 3.70. The molecule has 2 saturated carbocycles. The maximum Gasteiger partial charge on any atom is 0.275 e. The minimum atomic E-state index is -0.305. The Labute approximate surface area is 173 Å². The molecule has 3 aromatic rings. The highest BCUT2D eigenvalue weighted by Gasteiger charge is 2.34. The normalized spacial score (nSPS) is 15.7. The van der Waals surface area contributed by atoms with Crippen LogP contribution in [0.5, 0.6) is 0 Å². The van der Waals surface area contributed by atoms with Crippen molar-refractivity contribution in [1.29, 1.82) is 0 Å². The van der Waals surface area contributed by atoms with E-state index in [1.165, 1.54) is 0 Å². The maximum absolute atomic E-state index is 13.3. The molecular weight excluding hydrogens is 380 g/mol. The van der Waals surface area contributed by atoms with Crippen LogP contribution in [0.25, 0.3) is 10.8 Å². The molecule has 0 bridgehead atoms. The molecule has 30 heavy (non-hydrogen) atoms. The van der Waals surface area contributed by atoms with Crippen LogP contribution in [0, 0.1) is 0 Å². The summed E-state index contributed by atoms with van der Waals surface area (Å²) in [5.74, 6) is -0.247. The quantitative estimate of drug-likeness (QED) is 0.663. The molecule has 2 fully saturated rings. The third-order valence-electron chi connectivity index (χ3n) is 5.63. The highest BCUT2D eigenvalue weighted by Crippen LogP contribution is 2.30. The van der Waals surface area contributed by atoms with E-state index in [9.17, 15) is 14.4 Å². The van der Waals surface area contributed by atoms with Gasteiger partial charge in [-0.1, -0.05) is 30.3 Å². The SMILES string of the molecule is O=C(NC1CC1)c1ccc(CN(C(=O)c2n[nH]c(=O)c3ccccc23)C2CC2)cc1. The van der Waals surface area contributed by atoms with E-state index in [0.717, 1.165) is 31.2 Å². The Hall–Kier alpha value is -3.48. The molecule has 0 spiro atoms. The summed E-state index contributed by atoms with van der Waals surface area (Å²) >= 11 is 0. The fourth-order valence-electron chi connectivity index (χ4n) is 3.62. The highest BCUT2D eigenvalue weighted by molar-refractivity contribution is 6.05. The van der Waals surface area contributed by atoms with Gasteiger partial charge in [0.1, 0.15) is 0 Å². The predicted molar refractivity (Wildman–Crippen MR) is 112 cm³/mol. The largest absolute Gasteiger partial charge is 0.349 e. The Bertz CT molecular complexity index is 1180. The number of aromatic amines is 1. The molecule has 2 amide bonds. The van der Waals surface area contributed by atoms with Crippen LogP contribution in [0.1, 0.15) is 52.1 Å². The number of fused-ring (bicyclic) bond motifs is 1. The topological polar surface area (TPSA) is 95.2 Å². The van der Waals surface area contributed by atoms with Gasteiger partial charge in [0.15, 0.2) is 5.69 Å². The van der Waals surface area contributed by atoms with Crippen molar-refractivity contribution < 1.29 is 9.59 Å². The van der Waals surface area contributed by atoms with Gasteiger partial charge in [-0.15, -0.1) is 0 Å². The third-order valence-corrected chi connectivity index (χ3v) is 5.63. The Morgan fingerprint density at radius 2 is 1.70 bits per heavy atom. The molecule has 2 aliphatic rings. The molecule has 7 heteroatoms. The van der Waals surface area contributed by atoms with Crippen LogP contribution in [-0.4, -0.2) is 39.0 Å². The number of nitrogens with one attached hydrogen (secondary N) is 2. The molecule has 0 unspecified atom stereocenters. The molecule has 1 aromatic heterocycles. The second kappa shape index (κ2) is 7.40. The Morgan fingerprint density at radius 1 is 1.00 bits per heavy atom. The highest BCUT2D eigenvalue weighted by atomic mass is 16.2. The number of hydrogen-bond donors (Lipinski definition) is 2. The molecule has 0 aliphatic heterocycles. The van der Waals surface area contributed by atoms with Crippen molar-refractivity contribution in [1.82, 2.24) is 20.4 Å². The van der Waals surface area contributed by atoms with Gasteiger partial charge in [-0.2, -0.15) is 5.10 Å². The number of H-pyrrole nitrogens is 1.